The molecule has 1 aromatic carbocycles. The van der Waals surface area contributed by atoms with E-state index in [-0.39, 0.29) is 12.8 Å². The van der Waals surface area contributed by atoms with E-state index < -0.39 is 0 Å². The second-order valence-electron chi connectivity index (χ2n) is 6.40. The molecule has 154 valence electrons. The first-order valence-corrected chi connectivity index (χ1v) is 9.42. The summed E-state index contributed by atoms with van der Waals surface area (Å²) in [5, 5.41) is 0. The first-order valence-electron chi connectivity index (χ1n) is 9.42. The van der Waals surface area contributed by atoms with E-state index in [1.54, 1.807) is 0 Å². The van der Waals surface area contributed by atoms with Crippen LogP contribution in [-0.2, 0) is 19.0 Å². The van der Waals surface area contributed by atoms with Crippen molar-refractivity contribution in [2.75, 3.05) is 53.4 Å². The van der Waals surface area contributed by atoms with Gasteiger partial charge >= 0.3 is 0 Å². The van der Waals surface area contributed by atoms with Crippen LogP contribution in [0.3, 0.4) is 0 Å². The lowest BCUT2D eigenvalue weighted by Gasteiger charge is -2.26. The zero-order valence-electron chi connectivity index (χ0n) is 16.4. The van der Waals surface area contributed by atoms with Crippen LogP contribution in [-0.4, -0.2) is 64.4 Å². The Balaban J connectivity index is 1.75. The van der Waals surface area contributed by atoms with Gasteiger partial charge in [0.05, 0.1) is 32.5 Å². The lowest BCUT2D eigenvalue weighted by molar-refractivity contribution is -0.0647. The number of allylic oxidation sites excluding steroid dienone is 1. The molecule has 0 saturated carbocycles. The number of hydrogen-bond acceptors (Lipinski definition) is 8. The van der Waals surface area contributed by atoms with Gasteiger partial charge < -0.3 is 33.4 Å². The predicted molar refractivity (Wildman–Crippen MR) is 103 cm³/mol. The maximum absolute atomic E-state index is 6.14. The number of hydroxylamine groups is 1. The van der Waals surface area contributed by atoms with Gasteiger partial charge in [-0.25, -0.2) is 0 Å². The van der Waals surface area contributed by atoms with E-state index in [2.05, 4.69) is 5.48 Å². The van der Waals surface area contributed by atoms with E-state index in [0.29, 0.717) is 62.7 Å². The molecule has 0 radical (unpaired) electrons. The molecule has 8 heteroatoms. The number of rotatable bonds is 0. The summed E-state index contributed by atoms with van der Waals surface area (Å²) in [4.78, 5) is 7.63. The van der Waals surface area contributed by atoms with Gasteiger partial charge in [-0.1, -0.05) is 18.2 Å². The molecule has 3 rings (SSSR count). The van der Waals surface area contributed by atoms with Crippen LogP contribution in [0.5, 0.6) is 11.5 Å². The van der Waals surface area contributed by atoms with Crippen LogP contribution in [0.25, 0.3) is 0 Å². The Hall–Kier alpha value is -2.26. The highest BCUT2D eigenvalue weighted by Crippen LogP contribution is 2.30. The topological polar surface area (TPSA) is 70.7 Å². The number of benzene rings is 1. The Bertz CT molecular complexity index is 678. The zero-order valence-corrected chi connectivity index (χ0v) is 16.4. The first kappa shape index (κ1) is 20.5. The number of nitrogens with zero attached hydrogens (tertiary/aromatic N) is 1. The van der Waals surface area contributed by atoms with Gasteiger partial charge in [-0.2, -0.15) is 0 Å². The number of nitrogens with one attached hydrogen (secondary N) is 1. The molecule has 0 amide bonds. The zero-order chi connectivity index (χ0) is 19.6. The van der Waals surface area contributed by atoms with Crippen molar-refractivity contribution in [2.45, 2.75) is 13.0 Å². The van der Waals surface area contributed by atoms with Crippen LogP contribution >= 0.6 is 0 Å². The fraction of sp³-hybridized carbons (Fsp3) is 0.500. The highest BCUT2D eigenvalue weighted by atomic mass is 16.7. The molecule has 0 saturated heterocycles. The van der Waals surface area contributed by atoms with Crippen molar-refractivity contribution in [3.63, 3.8) is 0 Å². The summed E-state index contributed by atoms with van der Waals surface area (Å²) >= 11 is 0. The molecular weight excluding hydrogens is 364 g/mol. The van der Waals surface area contributed by atoms with Crippen LogP contribution < -0.4 is 15.0 Å². The maximum atomic E-state index is 6.14. The minimum atomic E-state index is -0.0699. The van der Waals surface area contributed by atoms with Crippen LogP contribution in [0.2, 0.25) is 0 Å². The molecule has 0 aromatic heterocycles. The Morgan fingerprint density at radius 2 is 1.82 bits per heavy atom. The number of fused-ring (bicyclic) bond motifs is 1. The molecule has 2 aliphatic heterocycles. The van der Waals surface area contributed by atoms with E-state index >= 15 is 0 Å². The largest absolute Gasteiger partial charge is 0.487 e. The van der Waals surface area contributed by atoms with E-state index in [1.807, 2.05) is 55.3 Å². The Morgan fingerprint density at radius 3 is 2.71 bits per heavy atom. The average molecular weight is 392 g/mol. The van der Waals surface area contributed by atoms with Crippen molar-refractivity contribution >= 4 is 0 Å². The number of ether oxygens (including phenoxy) is 5. The Morgan fingerprint density at radius 1 is 1.04 bits per heavy atom. The third-order valence-corrected chi connectivity index (χ3v) is 4.08. The van der Waals surface area contributed by atoms with Crippen molar-refractivity contribution in [1.29, 1.82) is 0 Å². The van der Waals surface area contributed by atoms with Gasteiger partial charge in [0, 0.05) is 13.6 Å². The van der Waals surface area contributed by atoms with Crippen molar-refractivity contribution in [2.24, 2.45) is 0 Å². The van der Waals surface area contributed by atoms with Gasteiger partial charge in [0.15, 0.2) is 11.5 Å². The van der Waals surface area contributed by atoms with E-state index in [1.165, 1.54) is 0 Å². The lowest BCUT2D eigenvalue weighted by atomic mass is 10.3. The SMILES string of the molecule is CC1COCCOCCOc2ccccc2OC2=C(C=CCN2C)ONCO1. The van der Waals surface area contributed by atoms with Crippen molar-refractivity contribution < 1.29 is 28.5 Å². The first-order chi connectivity index (χ1) is 13.7. The van der Waals surface area contributed by atoms with Gasteiger partial charge in [0.2, 0.25) is 11.6 Å². The molecule has 2 aliphatic rings. The molecule has 1 N–H and O–H groups in total. The standard InChI is InChI=1S/C20H28N2O6/c1-16-14-24-11-10-23-12-13-25-17-6-3-4-7-18(17)27-20-19(28-21-15-26-16)8-5-9-22(20)2/h3-8,16,21H,9-15H2,1-2H3. The molecule has 28 heavy (non-hydrogen) atoms. The minimum absolute atomic E-state index is 0.0699. The molecule has 1 unspecified atom stereocenters. The quantitative estimate of drug-likeness (QED) is 0.719. The van der Waals surface area contributed by atoms with E-state index in [4.69, 9.17) is 28.5 Å². The normalized spacial score (nSPS) is 22.6. The Kier molecular flexibility index (Phi) is 7.98. The van der Waals surface area contributed by atoms with E-state index in [0.717, 1.165) is 0 Å². The van der Waals surface area contributed by atoms with Gasteiger partial charge in [-0.05, 0) is 25.1 Å². The van der Waals surface area contributed by atoms with Crippen LogP contribution in [0.4, 0.5) is 0 Å². The van der Waals surface area contributed by atoms with Gasteiger partial charge in [0.1, 0.15) is 13.3 Å². The highest BCUT2D eigenvalue weighted by Gasteiger charge is 2.19. The molecule has 8 nitrogen and oxygen atoms in total. The summed E-state index contributed by atoms with van der Waals surface area (Å²) in [6, 6.07) is 7.52. The van der Waals surface area contributed by atoms with Crippen LogP contribution in [0, 0.1) is 0 Å². The summed E-state index contributed by atoms with van der Waals surface area (Å²) in [6.07, 6.45) is 3.79. The minimum Gasteiger partial charge on any atom is -0.487 e. The fourth-order valence-corrected chi connectivity index (χ4v) is 2.64. The highest BCUT2D eigenvalue weighted by molar-refractivity contribution is 5.41. The summed E-state index contributed by atoms with van der Waals surface area (Å²) in [6.45, 7) is 5.24. The molecular formula is C20H28N2O6. The summed E-state index contributed by atoms with van der Waals surface area (Å²) in [7, 11) is 1.93. The van der Waals surface area contributed by atoms with Gasteiger partial charge in [-0.15, -0.1) is 5.48 Å². The second-order valence-corrected chi connectivity index (χ2v) is 6.40. The summed E-state index contributed by atoms with van der Waals surface area (Å²) in [5.41, 5.74) is 2.81. The number of para-hydroxylation sites is 2. The molecule has 0 fully saturated rings. The summed E-state index contributed by atoms with van der Waals surface area (Å²) in [5.74, 6) is 2.39. The maximum Gasteiger partial charge on any atom is 0.241 e. The lowest BCUT2D eigenvalue weighted by Crippen LogP contribution is -2.30. The second kappa shape index (κ2) is 10.9. The van der Waals surface area contributed by atoms with Crippen molar-refractivity contribution in [3.05, 3.63) is 48.1 Å². The predicted octanol–water partition coefficient (Wildman–Crippen LogP) is 2.05. The van der Waals surface area contributed by atoms with Crippen LogP contribution in [0.1, 0.15) is 6.92 Å². The van der Waals surface area contributed by atoms with Gasteiger partial charge in [0.25, 0.3) is 0 Å². The third kappa shape index (κ3) is 6.13. The molecule has 0 spiro atoms. The van der Waals surface area contributed by atoms with E-state index in [9.17, 15) is 0 Å². The van der Waals surface area contributed by atoms with Gasteiger partial charge in [-0.3, -0.25) is 0 Å². The number of hydrogen-bond donors (Lipinski definition) is 1. The fourth-order valence-electron chi connectivity index (χ4n) is 2.64. The molecule has 0 aliphatic carbocycles. The molecule has 1 atom stereocenters. The smallest absolute Gasteiger partial charge is 0.241 e. The summed E-state index contributed by atoms with van der Waals surface area (Å²) < 4.78 is 28.7. The van der Waals surface area contributed by atoms with Crippen molar-refractivity contribution in [3.8, 4) is 11.5 Å². The average Bonchev–Trinajstić information content (AvgIpc) is 2.70. The molecule has 1 aromatic rings. The Labute approximate surface area is 165 Å². The van der Waals surface area contributed by atoms with Crippen molar-refractivity contribution in [1.82, 2.24) is 10.4 Å². The molecule has 0 bridgehead atoms. The monoisotopic (exact) mass is 392 g/mol. The third-order valence-electron chi connectivity index (χ3n) is 4.08. The molecule has 2 heterocycles. The number of likely N-dealkylation sites (N-methyl/N-ethyl adjacent to an activating group) is 1. The van der Waals surface area contributed by atoms with Crippen LogP contribution in [0.15, 0.2) is 48.1 Å².